The molecule has 1 fully saturated rings. The van der Waals surface area contributed by atoms with Crippen molar-refractivity contribution >= 4 is 12.1 Å². The van der Waals surface area contributed by atoms with Crippen molar-refractivity contribution in [2.75, 3.05) is 6.61 Å². The molecule has 6 heteroatoms. The van der Waals surface area contributed by atoms with Crippen LogP contribution in [-0.2, 0) is 19.1 Å². The van der Waals surface area contributed by atoms with Crippen molar-refractivity contribution in [2.24, 2.45) is 0 Å². The zero-order valence-corrected chi connectivity index (χ0v) is 8.38. The molecule has 0 bridgehead atoms. The molecule has 0 spiro atoms. The zero-order valence-electron chi connectivity index (χ0n) is 8.38. The fourth-order valence-electron chi connectivity index (χ4n) is 1.25. The van der Waals surface area contributed by atoms with Crippen molar-refractivity contribution in [3.8, 4) is 0 Å². The molecule has 1 rings (SSSR count). The Balaban J connectivity index is 2.64. The molecule has 86 valence electrons. The van der Waals surface area contributed by atoms with E-state index in [1.165, 1.54) is 0 Å². The monoisotopic (exact) mass is 218 g/mol. The lowest BCUT2D eigenvalue weighted by molar-refractivity contribution is -0.354. The Kier molecular flexibility index (Phi) is 3.92. The molecule has 1 heterocycles. The van der Waals surface area contributed by atoms with Gasteiger partial charge < -0.3 is 24.5 Å². The summed E-state index contributed by atoms with van der Waals surface area (Å²) in [6, 6.07) is 0. The van der Waals surface area contributed by atoms with Crippen LogP contribution in [0.1, 0.15) is 19.8 Å². The summed E-state index contributed by atoms with van der Waals surface area (Å²) in [7, 11) is 0. The summed E-state index contributed by atoms with van der Waals surface area (Å²) in [5.74, 6) is -3.09. The van der Waals surface area contributed by atoms with Crippen molar-refractivity contribution in [2.45, 2.75) is 37.9 Å². The molecule has 0 amide bonds. The Morgan fingerprint density at radius 1 is 1.67 bits per heavy atom. The number of aliphatic hydroxyl groups excluding tert-OH is 1. The van der Waals surface area contributed by atoms with Gasteiger partial charge in [0, 0.05) is 12.8 Å². The number of hydrogen-bond acceptors (Lipinski definition) is 6. The second-order valence-corrected chi connectivity index (χ2v) is 3.44. The predicted octanol–water partition coefficient (Wildman–Crippen LogP) is -1.02. The third-order valence-corrected chi connectivity index (χ3v) is 2.12. The second-order valence-electron chi connectivity index (χ2n) is 3.44. The molecule has 2 N–H and O–H groups in total. The van der Waals surface area contributed by atoms with E-state index in [9.17, 15) is 19.8 Å². The quantitative estimate of drug-likeness (QED) is 0.586. The van der Waals surface area contributed by atoms with Gasteiger partial charge in [0.2, 0.25) is 6.29 Å². The van der Waals surface area contributed by atoms with Gasteiger partial charge in [0.15, 0.2) is 5.78 Å². The van der Waals surface area contributed by atoms with Crippen LogP contribution in [0.15, 0.2) is 0 Å². The Hall–Kier alpha value is -0.820. The minimum absolute atomic E-state index is 0.0143. The number of hydrogen-bond donors (Lipinski definition) is 2. The van der Waals surface area contributed by atoms with Crippen LogP contribution < -0.4 is 0 Å². The van der Waals surface area contributed by atoms with E-state index in [4.69, 9.17) is 9.47 Å². The van der Waals surface area contributed by atoms with Crippen LogP contribution in [0.5, 0.6) is 0 Å². The molecule has 0 aliphatic carbocycles. The fourth-order valence-corrected chi connectivity index (χ4v) is 1.25. The van der Waals surface area contributed by atoms with Gasteiger partial charge in [0.25, 0.3) is 5.79 Å². The fraction of sp³-hybridized carbons (Fsp3) is 0.778. The van der Waals surface area contributed by atoms with Crippen LogP contribution in [0.3, 0.4) is 0 Å². The Morgan fingerprint density at radius 2 is 2.33 bits per heavy atom. The summed E-state index contributed by atoms with van der Waals surface area (Å²) >= 11 is 0. The van der Waals surface area contributed by atoms with E-state index >= 15 is 0 Å². The molecule has 1 saturated heterocycles. The van der Waals surface area contributed by atoms with E-state index in [2.05, 4.69) is 0 Å². The highest BCUT2D eigenvalue weighted by Crippen LogP contribution is 2.24. The van der Waals surface area contributed by atoms with E-state index in [1.807, 2.05) is 0 Å². The summed E-state index contributed by atoms with van der Waals surface area (Å²) in [4.78, 5) is 21.5. The predicted molar refractivity (Wildman–Crippen MR) is 47.8 cm³/mol. The van der Waals surface area contributed by atoms with Gasteiger partial charge in [0.05, 0.1) is 12.7 Å². The van der Waals surface area contributed by atoms with Gasteiger partial charge in [-0.05, 0) is 6.92 Å². The number of Topliss-reactive ketones (excluding diaryl/α,β-unsaturated/α-hetero) is 1. The smallest absolute Gasteiger partial charge is 0.279 e. The van der Waals surface area contributed by atoms with Crippen LogP contribution >= 0.6 is 0 Å². The maximum absolute atomic E-state index is 11.4. The molecule has 0 aromatic rings. The summed E-state index contributed by atoms with van der Waals surface area (Å²) < 4.78 is 9.74. The molecule has 0 saturated carbocycles. The van der Waals surface area contributed by atoms with Gasteiger partial charge in [-0.25, -0.2) is 0 Å². The first-order chi connectivity index (χ1) is 7.00. The van der Waals surface area contributed by atoms with Crippen LogP contribution in [0.2, 0.25) is 0 Å². The highest BCUT2D eigenvalue weighted by molar-refractivity contribution is 5.87. The maximum Gasteiger partial charge on any atom is 0.279 e. The van der Waals surface area contributed by atoms with Crippen LogP contribution in [0.4, 0.5) is 0 Å². The lowest BCUT2D eigenvalue weighted by atomic mass is 10.1. The highest BCUT2D eigenvalue weighted by atomic mass is 16.7. The molecule has 1 aliphatic rings. The van der Waals surface area contributed by atoms with E-state index < -0.39 is 17.9 Å². The summed E-state index contributed by atoms with van der Waals surface area (Å²) in [5, 5.41) is 19.1. The lowest BCUT2D eigenvalue weighted by Crippen LogP contribution is -2.58. The van der Waals surface area contributed by atoms with Gasteiger partial charge >= 0.3 is 0 Å². The minimum Gasteiger partial charge on any atom is -0.363 e. The van der Waals surface area contributed by atoms with Gasteiger partial charge in [-0.3, -0.25) is 4.79 Å². The molecule has 15 heavy (non-hydrogen) atoms. The Labute approximate surface area is 86.8 Å². The molecule has 0 aromatic heterocycles. The number of ether oxygens (including phenoxy) is 2. The third-order valence-electron chi connectivity index (χ3n) is 2.12. The average molecular weight is 218 g/mol. The van der Waals surface area contributed by atoms with E-state index in [0.717, 1.165) is 0 Å². The number of ketones is 1. The molecule has 3 unspecified atom stereocenters. The largest absolute Gasteiger partial charge is 0.363 e. The van der Waals surface area contributed by atoms with Crippen LogP contribution in [0.25, 0.3) is 0 Å². The first-order valence-electron chi connectivity index (χ1n) is 4.67. The number of carbonyl (C=O) groups excluding carboxylic acids is 2. The Morgan fingerprint density at radius 3 is 2.87 bits per heavy atom. The van der Waals surface area contributed by atoms with Gasteiger partial charge in [-0.15, -0.1) is 0 Å². The van der Waals surface area contributed by atoms with Gasteiger partial charge in [-0.1, -0.05) is 0 Å². The second kappa shape index (κ2) is 4.80. The minimum atomic E-state index is -2.34. The van der Waals surface area contributed by atoms with Crippen LogP contribution in [0, 0.1) is 0 Å². The van der Waals surface area contributed by atoms with Gasteiger partial charge in [-0.2, -0.15) is 0 Å². The maximum atomic E-state index is 11.4. The molecule has 3 atom stereocenters. The van der Waals surface area contributed by atoms with Crippen LogP contribution in [-0.4, -0.2) is 47.1 Å². The molecule has 1 aliphatic heterocycles. The molecular weight excluding hydrogens is 204 g/mol. The Bertz CT molecular complexity index is 253. The SMILES string of the molecule is CC1COC(O)(C(=O)CCC=O)C(O)O1. The lowest BCUT2D eigenvalue weighted by Gasteiger charge is -2.37. The molecule has 0 aromatic carbocycles. The average Bonchev–Trinajstić information content (AvgIpc) is 2.20. The van der Waals surface area contributed by atoms with E-state index in [1.54, 1.807) is 6.92 Å². The van der Waals surface area contributed by atoms with Crippen molar-refractivity contribution < 1.29 is 29.3 Å². The summed E-state index contributed by atoms with van der Waals surface area (Å²) in [6.45, 7) is 1.65. The van der Waals surface area contributed by atoms with Crippen molar-refractivity contribution in [1.82, 2.24) is 0 Å². The number of carbonyl (C=O) groups is 2. The number of aldehydes is 1. The molecular formula is C9H14O6. The van der Waals surface area contributed by atoms with E-state index in [-0.39, 0.29) is 25.6 Å². The normalized spacial score (nSPS) is 36.2. The summed E-state index contributed by atoms with van der Waals surface area (Å²) in [5.41, 5.74) is 0. The number of rotatable bonds is 4. The zero-order chi connectivity index (χ0) is 11.5. The molecule has 0 radical (unpaired) electrons. The number of aliphatic hydroxyl groups is 2. The third kappa shape index (κ3) is 2.60. The van der Waals surface area contributed by atoms with Crippen molar-refractivity contribution in [3.63, 3.8) is 0 Å². The topological polar surface area (TPSA) is 93.1 Å². The standard InChI is InChI=1S/C9H14O6/c1-6-5-14-9(13,8(12)15-6)7(11)3-2-4-10/h4,6,8,12-13H,2-3,5H2,1H3. The van der Waals surface area contributed by atoms with E-state index in [0.29, 0.717) is 6.29 Å². The first kappa shape index (κ1) is 12.3. The van der Waals surface area contributed by atoms with Gasteiger partial charge in [0.1, 0.15) is 6.29 Å². The summed E-state index contributed by atoms with van der Waals surface area (Å²) in [6.07, 6.45) is -1.75. The highest BCUT2D eigenvalue weighted by Gasteiger charge is 2.48. The van der Waals surface area contributed by atoms with Crippen molar-refractivity contribution in [3.05, 3.63) is 0 Å². The molecule has 6 nitrogen and oxygen atoms in total. The first-order valence-corrected chi connectivity index (χ1v) is 4.67. The van der Waals surface area contributed by atoms with Crippen molar-refractivity contribution in [1.29, 1.82) is 0 Å².